The van der Waals surface area contributed by atoms with Crippen molar-refractivity contribution in [3.8, 4) is 0 Å². The molecule has 0 N–H and O–H groups in total. The van der Waals surface area contributed by atoms with Gasteiger partial charge in [-0.15, -0.1) is 0 Å². The van der Waals surface area contributed by atoms with Crippen LogP contribution in [0.4, 0.5) is 0 Å². The number of carbonyl (C=O) groups is 4. The molecule has 0 bridgehead atoms. The Morgan fingerprint density at radius 1 is 0.680 bits per heavy atom. The lowest BCUT2D eigenvalue weighted by Gasteiger charge is -2.15. The Bertz CT molecular complexity index is 554. The second-order valence-corrected chi connectivity index (χ2v) is 5.77. The highest BCUT2D eigenvalue weighted by Crippen LogP contribution is 2.20. The number of carbonyl (C=O) groups excluding carboxylic acids is 4. The molecule has 0 fully saturated rings. The minimum absolute atomic E-state index is 0.329. The molecular formula is C17H20O8. The molecule has 0 amide bonds. The summed E-state index contributed by atoms with van der Waals surface area (Å²) in [6, 6.07) is 0. The van der Waals surface area contributed by atoms with E-state index >= 15 is 0 Å². The Morgan fingerprint density at radius 2 is 1.00 bits per heavy atom. The van der Waals surface area contributed by atoms with Crippen LogP contribution < -0.4 is 0 Å². The van der Waals surface area contributed by atoms with Crippen LogP contribution in [0.15, 0.2) is 24.3 Å². The molecule has 25 heavy (non-hydrogen) atoms. The Labute approximate surface area is 144 Å². The first-order chi connectivity index (χ1) is 11.8. The summed E-state index contributed by atoms with van der Waals surface area (Å²) in [5.74, 6) is -2.27. The first-order valence-corrected chi connectivity index (χ1v) is 7.92. The summed E-state index contributed by atoms with van der Waals surface area (Å²) in [6.45, 7) is 2.60. The summed E-state index contributed by atoms with van der Waals surface area (Å²) >= 11 is 0. The van der Waals surface area contributed by atoms with Gasteiger partial charge in [-0.1, -0.05) is 0 Å². The molecule has 4 atom stereocenters. The number of rotatable bonds is 6. The predicted molar refractivity (Wildman–Crippen MR) is 83.0 cm³/mol. The number of hydrogen-bond acceptors (Lipinski definition) is 8. The van der Waals surface area contributed by atoms with Crippen LogP contribution in [0, 0.1) is 0 Å². The summed E-state index contributed by atoms with van der Waals surface area (Å²) in [5, 5.41) is 0. The lowest BCUT2D eigenvalue weighted by Crippen LogP contribution is -2.24. The molecule has 0 aliphatic heterocycles. The highest BCUT2D eigenvalue weighted by Gasteiger charge is 2.27. The fraction of sp³-hybridized carbons (Fsp3) is 0.529. The molecule has 4 unspecified atom stereocenters. The highest BCUT2D eigenvalue weighted by atomic mass is 16.6. The maximum atomic E-state index is 11.8. The molecule has 0 radical (unpaired) electrons. The monoisotopic (exact) mass is 352 g/mol. The van der Waals surface area contributed by atoms with Gasteiger partial charge in [0.05, 0.1) is 0 Å². The van der Waals surface area contributed by atoms with E-state index in [-0.39, 0.29) is 0 Å². The normalized spacial score (nSPS) is 27.0. The average molecular weight is 352 g/mol. The van der Waals surface area contributed by atoms with Gasteiger partial charge in [0.15, 0.2) is 0 Å². The molecule has 2 aliphatic carbocycles. The van der Waals surface area contributed by atoms with Crippen LogP contribution in [0.25, 0.3) is 0 Å². The van der Waals surface area contributed by atoms with Crippen LogP contribution in [0.1, 0.15) is 33.1 Å². The number of esters is 4. The zero-order valence-corrected chi connectivity index (χ0v) is 14.0. The largest absolute Gasteiger partial charge is 0.458 e. The van der Waals surface area contributed by atoms with Gasteiger partial charge in [-0.05, 0) is 24.3 Å². The third kappa shape index (κ3) is 6.40. The SMILES string of the molecule is CC(=O)OC1C=CC(OC(=O)CC(=O)OC2C=CC(OC(C)=O)C2)C1. The molecule has 8 heteroatoms. The van der Waals surface area contributed by atoms with E-state index in [1.807, 2.05) is 0 Å². The first-order valence-electron chi connectivity index (χ1n) is 7.92. The summed E-state index contributed by atoms with van der Waals surface area (Å²) in [4.78, 5) is 45.3. The van der Waals surface area contributed by atoms with Gasteiger partial charge in [0.25, 0.3) is 0 Å². The molecule has 0 saturated carbocycles. The Balaban J connectivity index is 1.67. The van der Waals surface area contributed by atoms with Crippen LogP contribution in [-0.2, 0) is 38.1 Å². The minimum atomic E-state index is -0.721. The van der Waals surface area contributed by atoms with Crippen LogP contribution >= 0.6 is 0 Å². The van der Waals surface area contributed by atoms with Crippen molar-refractivity contribution in [2.75, 3.05) is 0 Å². The Hall–Kier alpha value is -2.64. The lowest BCUT2D eigenvalue weighted by atomic mass is 10.2. The molecule has 136 valence electrons. The van der Waals surface area contributed by atoms with E-state index in [4.69, 9.17) is 18.9 Å². The average Bonchev–Trinajstić information content (AvgIpc) is 3.07. The molecule has 2 rings (SSSR count). The van der Waals surface area contributed by atoms with Crippen molar-refractivity contribution in [2.24, 2.45) is 0 Å². The second kappa shape index (κ2) is 8.46. The molecule has 8 nitrogen and oxygen atoms in total. The van der Waals surface area contributed by atoms with Crippen molar-refractivity contribution in [1.29, 1.82) is 0 Å². The molecule has 0 heterocycles. The summed E-state index contributed by atoms with van der Waals surface area (Å²) < 4.78 is 20.2. The molecular weight excluding hydrogens is 332 g/mol. The van der Waals surface area contributed by atoms with Gasteiger partial charge in [0.2, 0.25) is 0 Å². The van der Waals surface area contributed by atoms with Gasteiger partial charge in [-0.25, -0.2) is 0 Å². The quantitative estimate of drug-likeness (QED) is 0.301. The fourth-order valence-electron chi connectivity index (χ4n) is 2.58. The van der Waals surface area contributed by atoms with Crippen LogP contribution in [0.5, 0.6) is 0 Å². The Morgan fingerprint density at radius 3 is 1.32 bits per heavy atom. The zero-order chi connectivity index (χ0) is 18.4. The summed E-state index contributed by atoms with van der Waals surface area (Å²) in [5.41, 5.74) is 0. The maximum Gasteiger partial charge on any atom is 0.317 e. The topological polar surface area (TPSA) is 105 Å². The van der Waals surface area contributed by atoms with Crippen LogP contribution in [0.3, 0.4) is 0 Å². The van der Waals surface area contributed by atoms with Gasteiger partial charge in [0, 0.05) is 26.7 Å². The third-order valence-corrected chi connectivity index (χ3v) is 3.50. The van der Waals surface area contributed by atoms with Crippen molar-refractivity contribution in [2.45, 2.75) is 57.5 Å². The molecule has 2 aliphatic rings. The van der Waals surface area contributed by atoms with Gasteiger partial charge < -0.3 is 18.9 Å². The molecule has 0 saturated heterocycles. The van der Waals surface area contributed by atoms with E-state index in [1.165, 1.54) is 13.8 Å². The minimum Gasteiger partial charge on any atom is -0.458 e. The standard InChI is InChI=1S/C17H20O8/c1-10(18)22-12-3-5-14(7-12)24-16(20)9-17(21)25-15-6-4-13(8-15)23-11(2)19/h3-6,12-15H,7-9H2,1-2H3. The molecule has 0 spiro atoms. The summed E-state index contributed by atoms with van der Waals surface area (Å²) in [7, 11) is 0. The molecule has 0 aromatic rings. The predicted octanol–water partition coefficient (Wildman–Crippen LogP) is 0.983. The van der Waals surface area contributed by atoms with Crippen molar-refractivity contribution >= 4 is 23.9 Å². The fourth-order valence-corrected chi connectivity index (χ4v) is 2.58. The second-order valence-electron chi connectivity index (χ2n) is 5.77. The van der Waals surface area contributed by atoms with Crippen molar-refractivity contribution in [1.82, 2.24) is 0 Å². The van der Waals surface area contributed by atoms with E-state index in [9.17, 15) is 19.2 Å². The first kappa shape index (κ1) is 18.7. The van der Waals surface area contributed by atoms with Crippen LogP contribution in [0.2, 0.25) is 0 Å². The van der Waals surface area contributed by atoms with Gasteiger partial charge >= 0.3 is 23.9 Å². The van der Waals surface area contributed by atoms with Crippen LogP contribution in [-0.4, -0.2) is 48.3 Å². The molecule has 0 aromatic carbocycles. The van der Waals surface area contributed by atoms with Crippen molar-refractivity contribution in [3.05, 3.63) is 24.3 Å². The van der Waals surface area contributed by atoms with E-state index in [2.05, 4.69) is 0 Å². The zero-order valence-electron chi connectivity index (χ0n) is 14.0. The third-order valence-electron chi connectivity index (χ3n) is 3.50. The van der Waals surface area contributed by atoms with E-state index in [1.54, 1.807) is 24.3 Å². The Kier molecular flexibility index (Phi) is 6.32. The smallest absolute Gasteiger partial charge is 0.317 e. The van der Waals surface area contributed by atoms with E-state index < -0.39 is 54.7 Å². The highest BCUT2D eigenvalue weighted by molar-refractivity contribution is 5.91. The number of ether oxygens (including phenoxy) is 4. The molecule has 0 aromatic heterocycles. The van der Waals surface area contributed by atoms with Crippen molar-refractivity contribution in [3.63, 3.8) is 0 Å². The van der Waals surface area contributed by atoms with Crippen molar-refractivity contribution < 1.29 is 38.1 Å². The van der Waals surface area contributed by atoms with E-state index in [0.717, 1.165) is 0 Å². The van der Waals surface area contributed by atoms with Gasteiger partial charge in [0.1, 0.15) is 30.8 Å². The van der Waals surface area contributed by atoms with Gasteiger partial charge in [-0.3, -0.25) is 19.2 Å². The lowest BCUT2D eigenvalue weighted by molar-refractivity contribution is -0.158. The van der Waals surface area contributed by atoms with E-state index in [0.29, 0.717) is 12.8 Å². The number of hydrogen-bond donors (Lipinski definition) is 0. The summed E-state index contributed by atoms with van der Waals surface area (Å²) in [6.07, 6.45) is 4.70. The maximum absolute atomic E-state index is 11.8. The van der Waals surface area contributed by atoms with Gasteiger partial charge in [-0.2, -0.15) is 0 Å².